The fourth-order valence-corrected chi connectivity index (χ4v) is 2.89. The van der Waals surface area contributed by atoms with Crippen molar-refractivity contribution in [2.45, 2.75) is 26.5 Å². The maximum absolute atomic E-state index is 11.9. The molecule has 2 amide bonds. The van der Waals surface area contributed by atoms with Crippen molar-refractivity contribution in [2.24, 2.45) is 0 Å². The zero-order valence-corrected chi connectivity index (χ0v) is 14.4. The maximum Gasteiger partial charge on any atom is 0.248 e. The highest BCUT2D eigenvalue weighted by Crippen LogP contribution is 2.21. The van der Waals surface area contributed by atoms with Crippen LogP contribution in [0.25, 0.3) is 10.2 Å². The molecule has 0 radical (unpaired) electrons. The van der Waals surface area contributed by atoms with Crippen LogP contribution in [0.1, 0.15) is 18.9 Å². The molecule has 1 aromatic carbocycles. The quantitative estimate of drug-likeness (QED) is 0.837. The molecule has 0 spiro atoms. The minimum atomic E-state index is -0.231. The molecule has 1 aromatic heterocycles. The van der Waals surface area contributed by atoms with Crippen LogP contribution in [0, 0.1) is 0 Å². The molecule has 2 aromatic rings. The third-order valence-corrected chi connectivity index (χ3v) is 4.06. The Kier molecular flexibility index (Phi) is 6.06. The first-order chi connectivity index (χ1) is 11.0. The summed E-state index contributed by atoms with van der Waals surface area (Å²) in [5, 5.41) is 3.58. The van der Waals surface area contributed by atoms with Gasteiger partial charge in [0.05, 0.1) is 23.4 Å². The standard InChI is InChI=1S/C16H21N3O3S/c1-11(2)17-14(20)8-19(3)16(21)10-22-9-15-18-12-6-4-5-7-13(12)23-15/h4-7,11H,8-10H2,1-3H3,(H,17,20). The van der Waals surface area contributed by atoms with E-state index in [-0.39, 0.29) is 37.6 Å². The van der Waals surface area contributed by atoms with E-state index in [1.54, 1.807) is 18.4 Å². The first-order valence-electron chi connectivity index (χ1n) is 7.41. The first-order valence-corrected chi connectivity index (χ1v) is 8.23. The molecule has 0 saturated heterocycles. The summed E-state index contributed by atoms with van der Waals surface area (Å²) < 4.78 is 6.52. The molecule has 1 heterocycles. The number of hydrogen-bond donors (Lipinski definition) is 1. The summed E-state index contributed by atoms with van der Waals surface area (Å²) in [7, 11) is 1.59. The van der Waals surface area contributed by atoms with Crippen LogP contribution in [0.4, 0.5) is 0 Å². The molecule has 23 heavy (non-hydrogen) atoms. The van der Waals surface area contributed by atoms with Gasteiger partial charge in [0, 0.05) is 13.1 Å². The number of rotatable bonds is 7. The number of nitrogens with one attached hydrogen (secondary N) is 1. The molecule has 6 nitrogen and oxygen atoms in total. The first kappa shape index (κ1) is 17.4. The number of carbonyl (C=O) groups is 2. The van der Waals surface area contributed by atoms with Crippen molar-refractivity contribution in [3.63, 3.8) is 0 Å². The minimum absolute atomic E-state index is 0.0293. The predicted molar refractivity (Wildman–Crippen MR) is 90.2 cm³/mol. The van der Waals surface area contributed by atoms with Crippen molar-refractivity contribution in [1.29, 1.82) is 0 Å². The van der Waals surface area contributed by atoms with Crippen LogP contribution in [-0.2, 0) is 20.9 Å². The van der Waals surface area contributed by atoms with Gasteiger partial charge in [-0.3, -0.25) is 9.59 Å². The molecule has 124 valence electrons. The number of likely N-dealkylation sites (N-methyl/N-ethyl adjacent to an activating group) is 1. The van der Waals surface area contributed by atoms with Gasteiger partial charge in [0.15, 0.2) is 0 Å². The summed E-state index contributed by atoms with van der Waals surface area (Å²) in [5.41, 5.74) is 0.935. The Morgan fingerprint density at radius 3 is 2.78 bits per heavy atom. The van der Waals surface area contributed by atoms with E-state index >= 15 is 0 Å². The maximum atomic E-state index is 11.9. The van der Waals surface area contributed by atoms with Crippen LogP contribution < -0.4 is 5.32 Å². The number of ether oxygens (including phenoxy) is 1. The third-order valence-electron chi connectivity index (χ3n) is 3.05. The monoisotopic (exact) mass is 335 g/mol. The number of aromatic nitrogens is 1. The van der Waals surface area contributed by atoms with E-state index in [4.69, 9.17) is 4.74 Å². The van der Waals surface area contributed by atoms with Gasteiger partial charge in [-0.25, -0.2) is 4.98 Å². The Labute approximate surface area is 139 Å². The normalized spacial score (nSPS) is 11.0. The molecular formula is C16H21N3O3S. The second-order valence-corrected chi connectivity index (χ2v) is 6.66. The number of fused-ring (bicyclic) bond motifs is 1. The number of carbonyl (C=O) groups excluding carboxylic acids is 2. The van der Waals surface area contributed by atoms with Crippen molar-refractivity contribution >= 4 is 33.4 Å². The van der Waals surface area contributed by atoms with Gasteiger partial charge in [-0.05, 0) is 26.0 Å². The number of nitrogens with zero attached hydrogens (tertiary/aromatic N) is 2. The zero-order chi connectivity index (χ0) is 16.8. The number of para-hydroxylation sites is 1. The van der Waals surface area contributed by atoms with Crippen molar-refractivity contribution in [3.8, 4) is 0 Å². The van der Waals surface area contributed by atoms with Crippen molar-refractivity contribution in [1.82, 2.24) is 15.2 Å². The number of amides is 2. The molecule has 0 bridgehead atoms. The molecule has 0 atom stereocenters. The van der Waals surface area contributed by atoms with Crippen molar-refractivity contribution in [2.75, 3.05) is 20.2 Å². The van der Waals surface area contributed by atoms with Gasteiger partial charge in [0.25, 0.3) is 0 Å². The number of hydrogen-bond acceptors (Lipinski definition) is 5. The molecule has 0 unspecified atom stereocenters. The van der Waals surface area contributed by atoms with Gasteiger partial charge in [0.1, 0.15) is 11.6 Å². The predicted octanol–water partition coefficient (Wildman–Crippen LogP) is 1.80. The molecule has 0 fully saturated rings. The lowest BCUT2D eigenvalue weighted by Crippen LogP contribution is -2.41. The van der Waals surface area contributed by atoms with Gasteiger partial charge in [-0.1, -0.05) is 12.1 Å². The average molecular weight is 335 g/mol. The van der Waals surface area contributed by atoms with Crippen LogP contribution in [0.5, 0.6) is 0 Å². The average Bonchev–Trinajstić information content (AvgIpc) is 2.88. The zero-order valence-electron chi connectivity index (χ0n) is 13.5. The van der Waals surface area contributed by atoms with Gasteiger partial charge in [0.2, 0.25) is 11.8 Å². The summed E-state index contributed by atoms with van der Waals surface area (Å²) in [6.45, 7) is 4.00. The molecular weight excluding hydrogens is 314 g/mol. The van der Waals surface area contributed by atoms with Crippen LogP contribution in [0.2, 0.25) is 0 Å². The van der Waals surface area contributed by atoms with Crippen LogP contribution in [0.3, 0.4) is 0 Å². The second-order valence-electron chi connectivity index (χ2n) is 5.54. The lowest BCUT2D eigenvalue weighted by atomic mass is 10.3. The Bertz CT molecular complexity index is 651. The van der Waals surface area contributed by atoms with E-state index in [0.717, 1.165) is 15.2 Å². The van der Waals surface area contributed by atoms with Crippen molar-refractivity contribution < 1.29 is 14.3 Å². The SMILES string of the molecule is CC(C)NC(=O)CN(C)C(=O)COCc1nc2ccccc2s1. The lowest BCUT2D eigenvalue weighted by molar-refractivity contribution is -0.138. The summed E-state index contributed by atoms with van der Waals surface area (Å²) in [6, 6.07) is 7.91. The Morgan fingerprint density at radius 2 is 2.09 bits per heavy atom. The van der Waals surface area contributed by atoms with E-state index in [0.29, 0.717) is 0 Å². The van der Waals surface area contributed by atoms with E-state index in [9.17, 15) is 9.59 Å². The fraction of sp³-hybridized carbons (Fsp3) is 0.438. The highest BCUT2D eigenvalue weighted by Gasteiger charge is 2.14. The van der Waals surface area contributed by atoms with Gasteiger partial charge in [-0.15, -0.1) is 11.3 Å². The van der Waals surface area contributed by atoms with Gasteiger partial charge < -0.3 is 15.0 Å². The minimum Gasteiger partial charge on any atom is -0.364 e. The van der Waals surface area contributed by atoms with Crippen LogP contribution in [-0.4, -0.2) is 47.9 Å². The summed E-state index contributed by atoms with van der Waals surface area (Å²) >= 11 is 1.55. The van der Waals surface area contributed by atoms with Gasteiger partial charge >= 0.3 is 0 Å². The van der Waals surface area contributed by atoms with E-state index < -0.39 is 0 Å². The lowest BCUT2D eigenvalue weighted by Gasteiger charge is -2.17. The Morgan fingerprint density at radius 1 is 1.35 bits per heavy atom. The smallest absolute Gasteiger partial charge is 0.248 e. The van der Waals surface area contributed by atoms with Crippen molar-refractivity contribution in [3.05, 3.63) is 29.3 Å². The fourth-order valence-electron chi connectivity index (χ4n) is 1.99. The Balaban J connectivity index is 1.76. The molecule has 1 N–H and O–H groups in total. The topological polar surface area (TPSA) is 71.5 Å². The van der Waals surface area contributed by atoms with Crippen LogP contribution in [0.15, 0.2) is 24.3 Å². The summed E-state index contributed by atoms with van der Waals surface area (Å²) in [5.74, 6) is -0.410. The van der Waals surface area contributed by atoms with Crippen LogP contribution >= 0.6 is 11.3 Å². The molecule has 2 rings (SSSR count). The number of benzene rings is 1. The molecule has 0 aliphatic heterocycles. The summed E-state index contributed by atoms with van der Waals surface area (Å²) in [4.78, 5) is 29.3. The largest absolute Gasteiger partial charge is 0.364 e. The van der Waals surface area contributed by atoms with E-state index in [1.807, 2.05) is 38.1 Å². The third kappa shape index (κ3) is 5.30. The molecule has 7 heteroatoms. The Hall–Kier alpha value is -1.99. The van der Waals surface area contributed by atoms with E-state index in [2.05, 4.69) is 10.3 Å². The number of thiazole rings is 1. The molecule has 0 aliphatic rings. The molecule has 0 aliphatic carbocycles. The molecule has 0 saturated carbocycles. The second kappa shape index (κ2) is 8.03. The highest BCUT2D eigenvalue weighted by molar-refractivity contribution is 7.18. The van der Waals surface area contributed by atoms with E-state index in [1.165, 1.54) is 4.90 Å². The summed E-state index contributed by atoms with van der Waals surface area (Å²) in [6.07, 6.45) is 0. The highest BCUT2D eigenvalue weighted by atomic mass is 32.1. The van der Waals surface area contributed by atoms with Gasteiger partial charge in [-0.2, -0.15) is 0 Å².